The maximum absolute atomic E-state index is 11.2. The molecule has 0 saturated carbocycles. The van der Waals surface area contributed by atoms with Crippen LogP contribution in [0, 0.1) is 0 Å². The Balaban J connectivity index is 2.74. The summed E-state index contributed by atoms with van der Waals surface area (Å²) in [6.45, 7) is 2.52. The molecule has 0 spiro atoms. The lowest BCUT2D eigenvalue weighted by atomic mass is 10.2. The minimum absolute atomic E-state index is 0.0689. The quantitative estimate of drug-likeness (QED) is 0.767. The Morgan fingerprint density at radius 3 is 3.00 bits per heavy atom. The first-order chi connectivity index (χ1) is 7.52. The standard InChI is InChI=1S/C10H15N3OS2/c1-7(16(2)14)5-13-9-6-12-4-3-8(9)10(11)15/h3-4,6-7,13H,5H2,1-2H3,(H2,11,15). The fourth-order valence-electron chi connectivity index (χ4n) is 1.12. The Morgan fingerprint density at radius 2 is 2.44 bits per heavy atom. The molecule has 6 heteroatoms. The molecule has 2 atom stereocenters. The second-order valence-corrected chi connectivity index (χ2v) is 5.72. The van der Waals surface area contributed by atoms with Gasteiger partial charge in [-0.3, -0.25) is 9.19 Å². The minimum atomic E-state index is -0.848. The molecule has 1 rings (SSSR count). The average Bonchev–Trinajstić information content (AvgIpc) is 2.25. The van der Waals surface area contributed by atoms with Crippen molar-refractivity contribution >= 4 is 33.7 Å². The molecular weight excluding hydrogens is 242 g/mol. The van der Waals surface area contributed by atoms with Crippen LogP contribution in [0.25, 0.3) is 0 Å². The predicted octanol–water partition coefficient (Wildman–Crippen LogP) is 0.895. The highest BCUT2D eigenvalue weighted by molar-refractivity contribution is 7.84. The van der Waals surface area contributed by atoms with E-state index in [1.54, 1.807) is 24.7 Å². The zero-order valence-corrected chi connectivity index (χ0v) is 10.9. The van der Waals surface area contributed by atoms with E-state index in [9.17, 15) is 4.21 Å². The van der Waals surface area contributed by atoms with E-state index in [0.29, 0.717) is 11.5 Å². The molecule has 0 bridgehead atoms. The Kier molecular flexibility index (Phi) is 4.82. The number of thiocarbonyl (C=S) groups is 1. The first-order valence-corrected chi connectivity index (χ1v) is 6.85. The van der Waals surface area contributed by atoms with Gasteiger partial charge in [-0.1, -0.05) is 12.2 Å². The highest BCUT2D eigenvalue weighted by atomic mass is 32.2. The van der Waals surface area contributed by atoms with Crippen molar-refractivity contribution in [1.29, 1.82) is 0 Å². The van der Waals surface area contributed by atoms with E-state index in [0.717, 1.165) is 11.3 Å². The molecule has 1 heterocycles. The Labute approximate surface area is 103 Å². The fraction of sp³-hybridized carbons (Fsp3) is 0.400. The minimum Gasteiger partial charge on any atom is -0.389 e. The maximum atomic E-state index is 11.2. The van der Waals surface area contributed by atoms with Crippen LogP contribution in [-0.2, 0) is 10.8 Å². The van der Waals surface area contributed by atoms with Gasteiger partial charge in [0.05, 0.1) is 11.9 Å². The maximum Gasteiger partial charge on any atom is 0.106 e. The molecule has 1 aromatic rings. The van der Waals surface area contributed by atoms with Crippen LogP contribution in [0.15, 0.2) is 18.5 Å². The van der Waals surface area contributed by atoms with Gasteiger partial charge in [-0.2, -0.15) is 0 Å². The van der Waals surface area contributed by atoms with Gasteiger partial charge >= 0.3 is 0 Å². The summed E-state index contributed by atoms with van der Waals surface area (Å²) in [5.41, 5.74) is 7.13. The van der Waals surface area contributed by atoms with Gasteiger partial charge in [-0.25, -0.2) is 0 Å². The molecule has 0 fully saturated rings. The number of aromatic nitrogens is 1. The van der Waals surface area contributed by atoms with Crippen molar-refractivity contribution in [2.24, 2.45) is 5.73 Å². The van der Waals surface area contributed by atoms with Gasteiger partial charge in [0, 0.05) is 40.6 Å². The average molecular weight is 257 g/mol. The van der Waals surface area contributed by atoms with Crippen molar-refractivity contribution < 1.29 is 4.21 Å². The van der Waals surface area contributed by atoms with Crippen molar-refractivity contribution in [3.05, 3.63) is 24.0 Å². The molecule has 0 saturated heterocycles. The van der Waals surface area contributed by atoms with Gasteiger partial charge in [-0.05, 0) is 13.0 Å². The van der Waals surface area contributed by atoms with E-state index in [-0.39, 0.29) is 5.25 Å². The van der Waals surface area contributed by atoms with Gasteiger partial charge in [0.1, 0.15) is 4.99 Å². The highest BCUT2D eigenvalue weighted by Crippen LogP contribution is 2.13. The Hall–Kier alpha value is -1.01. The zero-order chi connectivity index (χ0) is 12.1. The van der Waals surface area contributed by atoms with E-state index in [1.165, 1.54) is 0 Å². The highest BCUT2D eigenvalue weighted by Gasteiger charge is 2.08. The van der Waals surface area contributed by atoms with E-state index < -0.39 is 10.8 Å². The molecule has 1 aromatic heterocycles. The molecule has 0 aromatic carbocycles. The van der Waals surface area contributed by atoms with Crippen molar-refractivity contribution in [1.82, 2.24) is 4.98 Å². The summed E-state index contributed by atoms with van der Waals surface area (Å²) < 4.78 is 11.2. The molecule has 0 aliphatic heterocycles. The second-order valence-electron chi connectivity index (χ2n) is 3.48. The lowest BCUT2D eigenvalue weighted by Crippen LogP contribution is -2.22. The summed E-state index contributed by atoms with van der Waals surface area (Å²) in [5, 5.41) is 3.22. The van der Waals surface area contributed by atoms with Gasteiger partial charge < -0.3 is 11.1 Å². The van der Waals surface area contributed by atoms with Gasteiger partial charge in [0.15, 0.2) is 0 Å². The van der Waals surface area contributed by atoms with Gasteiger partial charge in [0.2, 0.25) is 0 Å². The number of nitrogens with one attached hydrogen (secondary N) is 1. The smallest absolute Gasteiger partial charge is 0.106 e. The second kappa shape index (κ2) is 5.91. The molecule has 0 aliphatic carbocycles. The monoisotopic (exact) mass is 257 g/mol. The van der Waals surface area contributed by atoms with Crippen molar-refractivity contribution in [3.63, 3.8) is 0 Å². The van der Waals surface area contributed by atoms with Crippen LogP contribution >= 0.6 is 12.2 Å². The fourth-order valence-corrected chi connectivity index (χ4v) is 1.62. The van der Waals surface area contributed by atoms with Gasteiger partial charge in [-0.15, -0.1) is 0 Å². The van der Waals surface area contributed by atoms with E-state index in [2.05, 4.69) is 10.3 Å². The number of nitrogens with two attached hydrogens (primary N) is 1. The first kappa shape index (κ1) is 13.1. The zero-order valence-electron chi connectivity index (χ0n) is 9.27. The van der Waals surface area contributed by atoms with Crippen LogP contribution in [-0.4, -0.2) is 32.2 Å². The molecule has 4 nitrogen and oxygen atoms in total. The first-order valence-electron chi connectivity index (χ1n) is 4.82. The largest absolute Gasteiger partial charge is 0.389 e. The van der Waals surface area contributed by atoms with Crippen molar-refractivity contribution in [2.45, 2.75) is 12.2 Å². The lowest BCUT2D eigenvalue weighted by molar-refractivity contribution is 0.679. The van der Waals surface area contributed by atoms with E-state index in [4.69, 9.17) is 18.0 Å². The number of hydrogen-bond acceptors (Lipinski definition) is 4. The van der Waals surface area contributed by atoms with Crippen molar-refractivity contribution in [2.75, 3.05) is 18.1 Å². The van der Waals surface area contributed by atoms with Crippen LogP contribution in [0.2, 0.25) is 0 Å². The van der Waals surface area contributed by atoms with Crippen LogP contribution in [0.4, 0.5) is 5.69 Å². The SMILES string of the molecule is CC(CNc1cnccc1C(N)=S)S(C)=O. The Morgan fingerprint density at radius 1 is 1.75 bits per heavy atom. The number of hydrogen-bond donors (Lipinski definition) is 2. The predicted molar refractivity (Wildman–Crippen MR) is 72.1 cm³/mol. The summed E-state index contributed by atoms with van der Waals surface area (Å²) >= 11 is 4.93. The molecule has 2 unspecified atom stereocenters. The summed E-state index contributed by atoms with van der Waals surface area (Å²) in [4.78, 5) is 4.33. The third-order valence-electron chi connectivity index (χ3n) is 2.23. The normalized spacial score (nSPS) is 14.1. The summed E-state index contributed by atoms with van der Waals surface area (Å²) in [5.74, 6) is 0. The third-order valence-corrected chi connectivity index (χ3v) is 3.75. The molecule has 0 aliphatic rings. The van der Waals surface area contributed by atoms with Crippen LogP contribution in [0.1, 0.15) is 12.5 Å². The number of anilines is 1. The van der Waals surface area contributed by atoms with Gasteiger partial charge in [0.25, 0.3) is 0 Å². The molecule has 0 amide bonds. The lowest BCUT2D eigenvalue weighted by Gasteiger charge is -2.13. The number of nitrogens with zero attached hydrogens (tertiary/aromatic N) is 1. The van der Waals surface area contributed by atoms with Crippen LogP contribution in [0.3, 0.4) is 0 Å². The Bertz CT molecular complexity index is 409. The van der Waals surface area contributed by atoms with Crippen molar-refractivity contribution in [3.8, 4) is 0 Å². The summed E-state index contributed by atoms with van der Waals surface area (Å²) in [6.07, 6.45) is 4.99. The van der Waals surface area contributed by atoms with Crippen LogP contribution in [0.5, 0.6) is 0 Å². The topological polar surface area (TPSA) is 68.0 Å². The molecule has 0 radical (unpaired) electrons. The molecule has 88 valence electrons. The van der Waals surface area contributed by atoms with E-state index in [1.807, 2.05) is 6.92 Å². The number of pyridine rings is 1. The molecule has 3 N–H and O–H groups in total. The molecule has 16 heavy (non-hydrogen) atoms. The molecular formula is C10H15N3OS2. The van der Waals surface area contributed by atoms with Crippen LogP contribution < -0.4 is 11.1 Å². The summed E-state index contributed by atoms with van der Waals surface area (Å²) in [6, 6.07) is 1.76. The summed E-state index contributed by atoms with van der Waals surface area (Å²) in [7, 11) is -0.848. The third kappa shape index (κ3) is 3.53. The van der Waals surface area contributed by atoms with E-state index >= 15 is 0 Å². The number of rotatable bonds is 5.